The van der Waals surface area contributed by atoms with E-state index < -0.39 is 16.1 Å². The van der Waals surface area contributed by atoms with Crippen LogP contribution in [0.2, 0.25) is 0 Å². The highest BCUT2D eigenvalue weighted by molar-refractivity contribution is 9.10. The Balaban J connectivity index is 2.29. The lowest BCUT2D eigenvalue weighted by atomic mass is 9.99. The predicted molar refractivity (Wildman–Crippen MR) is 117 cm³/mol. The maximum absolute atomic E-state index is 13.0. The number of aryl methyl sites for hydroxylation is 3. The minimum atomic E-state index is -3.82. The van der Waals surface area contributed by atoms with E-state index in [1.54, 1.807) is 24.3 Å². The van der Waals surface area contributed by atoms with Gasteiger partial charge in [0.15, 0.2) is 0 Å². The zero-order valence-electron chi connectivity index (χ0n) is 16.8. The first-order valence-electron chi connectivity index (χ1n) is 9.21. The molecule has 2 rings (SSSR count). The van der Waals surface area contributed by atoms with E-state index in [-0.39, 0.29) is 16.7 Å². The van der Waals surface area contributed by atoms with E-state index in [4.69, 9.17) is 0 Å². The van der Waals surface area contributed by atoms with Crippen LogP contribution in [0.25, 0.3) is 0 Å². The lowest BCUT2D eigenvalue weighted by Crippen LogP contribution is -2.47. The minimum absolute atomic E-state index is 0.145. The molecule has 0 bridgehead atoms. The lowest BCUT2D eigenvalue weighted by molar-refractivity contribution is -0.118. The maximum atomic E-state index is 13.0. The molecular formula is C21H27BrN2O3S. The smallest absolute Gasteiger partial charge is 0.242 e. The van der Waals surface area contributed by atoms with Gasteiger partial charge in [-0.05, 0) is 78.0 Å². The highest BCUT2D eigenvalue weighted by Gasteiger charge is 2.30. The predicted octanol–water partition coefficient (Wildman–Crippen LogP) is 4.71. The van der Waals surface area contributed by atoms with Gasteiger partial charge >= 0.3 is 0 Å². The highest BCUT2D eigenvalue weighted by Crippen LogP contribution is 2.27. The summed E-state index contributed by atoms with van der Waals surface area (Å²) in [5.41, 5.74) is 3.73. The zero-order chi connectivity index (χ0) is 21.1. The second-order valence-corrected chi connectivity index (χ2v) is 9.77. The maximum Gasteiger partial charge on any atom is 0.242 e. The van der Waals surface area contributed by atoms with Crippen molar-refractivity contribution < 1.29 is 13.2 Å². The molecule has 0 unspecified atom stereocenters. The second kappa shape index (κ2) is 9.20. The van der Waals surface area contributed by atoms with Gasteiger partial charge in [0.1, 0.15) is 6.04 Å². The topological polar surface area (TPSA) is 75.3 Å². The fourth-order valence-electron chi connectivity index (χ4n) is 2.70. The van der Waals surface area contributed by atoms with Crippen molar-refractivity contribution in [1.82, 2.24) is 4.72 Å². The number of nitrogens with one attached hydrogen (secondary N) is 2. The molecule has 0 fully saturated rings. The number of amides is 1. The van der Waals surface area contributed by atoms with Crippen molar-refractivity contribution in [3.8, 4) is 0 Å². The fourth-order valence-corrected chi connectivity index (χ4v) is 4.56. The van der Waals surface area contributed by atoms with Gasteiger partial charge in [-0.15, -0.1) is 0 Å². The number of sulfonamides is 1. The lowest BCUT2D eigenvalue weighted by Gasteiger charge is -2.24. The summed E-state index contributed by atoms with van der Waals surface area (Å²) in [5, 5.41) is 2.86. The molecule has 0 saturated heterocycles. The first-order chi connectivity index (χ1) is 13.0. The van der Waals surface area contributed by atoms with Gasteiger partial charge in [-0.3, -0.25) is 4.79 Å². The summed E-state index contributed by atoms with van der Waals surface area (Å²) >= 11 is 3.46. The molecule has 2 N–H and O–H groups in total. The van der Waals surface area contributed by atoms with Crippen LogP contribution in [0.5, 0.6) is 0 Å². The van der Waals surface area contributed by atoms with Gasteiger partial charge in [-0.2, -0.15) is 4.72 Å². The van der Waals surface area contributed by atoms with Gasteiger partial charge in [0.25, 0.3) is 0 Å². The van der Waals surface area contributed by atoms with Gasteiger partial charge in [0.05, 0.1) is 10.6 Å². The molecule has 2 atom stereocenters. The Hall–Kier alpha value is -1.70. The number of rotatable bonds is 7. The van der Waals surface area contributed by atoms with Crippen LogP contribution in [0, 0.1) is 26.7 Å². The monoisotopic (exact) mass is 466 g/mol. The van der Waals surface area contributed by atoms with E-state index in [0.29, 0.717) is 12.1 Å². The molecule has 0 aromatic heterocycles. The third kappa shape index (κ3) is 5.43. The molecule has 0 aliphatic carbocycles. The van der Waals surface area contributed by atoms with Crippen molar-refractivity contribution in [2.75, 3.05) is 5.32 Å². The molecule has 0 saturated carbocycles. The van der Waals surface area contributed by atoms with Crippen LogP contribution in [0.4, 0.5) is 5.69 Å². The van der Waals surface area contributed by atoms with Crippen LogP contribution < -0.4 is 10.0 Å². The molecule has 7 heteroatoms. The molecule has 1 amide bonds. The summed E-state index contributed by atoms with van der Waals surface area (Å²) in [5.74, 6) is -0.556. The van der Waals surface area contributed by atoms with Gasteiger partial charge < -0.3 is 5.32 Å². The Bertz CT molecular complexity index is 956. The van der Waals surface area contributed by atoms with E-state index >= 15 is 0 Å². The van der Waals surface area contributed by atoms with E-state index in [1.165, 1.54) is 0 Å². The van der Waals surface area contributed by atoms with Gasteiger partial charge in [0.2, 0.25) is 15.9 Å². The summed E-state index contributed by atoms with van der Waals surface area (Å²) in [6, 6.07) is 9.48. The van der Waals surface area contributed by atoms with Crippen LogP contribution >= 0.6 is 15.9 Å². The third-order valence-corrected chi connectivity index (χ3v) is 7.06. The number of anilines is 1. The second-order valence-electron chi connectivity index (χ2n) is 7.20. The first kappa shape index (κ1) is 22.6. The SMILES string of the molecule is CC[C@H](C)[C@@H](NS(=O)(=O)c1ccc(C)cc1)C(=O)Nc1cc(C)c(C)cc1Br. The van der Waals surface area contributed by atoms with Crippen molar-refractivity contribution in [2.45, 2.75) is 52.0 Å². The average molecular weight is 467 g/mol. The number of benzene rings is 2. The van der Waals surface area contributed by atoms with Gasteiger partial charge in [0, 0.05) is 4.47 Å². The van der Waals surface area contributed by atoms with Crippen LogP contribution in [0.15, 0.2) is 45.8 Å². The molecule has 0 aliphatic heterocycles. The molecule has 0 heterocycles. The minimum Gasteiger partial charge on any atom is -0.324 e. The molecular weight excluding hydrogens is 440 g/mol. The van der Waals surface area contributed by atoms with Crippen molar-refractivity contribution in [3.63, 3.8) is 0 Å². The van der Waals surface area contributed by atoms with Crippen molar-refractivity contribution in [3.05, 3.63) is 57.6 Å². The molecule has 2 aromatic rings. The summed E-state index contributed by atoms with van der Waals surface area (Å²) in [7, 11) is -3.82. The molecule has 152 valence electrons. The van der Waals surface area contributed by atoms with Crippen molar-refractivity contribution >= 4 is 37.5 Å². The molecule has 0 radical (unpaired) electrons. The fraction of sp³-hybridized carbons (Fsp3) is 0.381. The van der Waals surface area contributed by atoms with E-state index in [9.17, 15) is 13.2 Å². The van der Waals surface area contributed by atoms with E-state index in [2.05, 4.69) is 26.0 Å². The number of hydrogen-bond donors (Lipinski definition) is 2. The summed E-state index contributed by atoms with van der Waals surface area (Å²) in [6.45, 7) is 9.63. The van der Waals surface area contributed by atoms with Crippen molar-refractivity contribution in [2.24, 2.45) is 5.92 Å². The summed E-state index contributed by atoms with van der Waals surface area (Å²) in [4.78, 5) is 13.1. The highest BCUT2D eigenvalue weighted by atomic mass is 79.9. The average Bonchev–Trinajstić information content (AvgIpc) is 2.63. The molecule has 0 spiro atoms. The van der Waals surface area contributed by atoms with Crippen LogP contribution in [-0.2, 0) is 14.8 Å². The molecule has 0 aliphatic rings. The van der Waals surface area contributed by atoms with Crippen LogP contribution in [-0.4, -0.2) is 20.4 Å². The standard InChI is InChI=1S/C21H27BrN2O3S/c1-6-14(3)20(24-28(26,27)17-9-7-13(2)8-10-17)21(25)23-19-12-16(5)15(4)11-18(19)22/h7-12,14,20,24H,6H2,1-5H3,(H,23,25)/t14-,20+/m0/s1. The van der Waals surface area contributed by atoms with Crippen molar-refractivity contribution in [1.29, 1.82) is 0 Å². The zero-order valence-corrected chi connectivity index (χ0v) is 19.2. The number of carbonyl (C=O) groups is 1. The van der Waals surface area contributed by atoms with Crippen LogP contribution in [0.3, 0.4) is 0 Å². The molecule has 2 aromatic carbocycles. The Labute approximate surface area is 176 Å². The number of hydrogen-bond acceptors (Lipinski definition) is 3. The van der Waals surface area contributed by atoms with Gasteiger partial charge in [-0.1, -0.05) is 38.0 Å². The first-order valence-corrected chi connectivity index (χ1v) is 11.5. The normalized spacial score (nSPS) is 13.8. The van der Waals surface area contributed by atoms with Gasteiger partial charge in [-0.25, -0.2) is 8.42 Å². The van der Waals surface area contributed by atoms with E-state index in [1.807, 2.05) is 46.8 Å². The Kier molecular flexibility index (Phi) is 7.42. The molecule has 28 heavy (non-hydrogen) atoms. The van der Waals surface area contributed by atoms with E-state index in [0.717, 1.165) is 21.2 Å². The Morgan fingerprint density at radius 2 is 1.64 bits per heavy atom. The Morgan fingerprint density at radius 3 is 2.21 bits per heavy atom. The third-order valence-electron chi connectivity index (χ3n) is 4.95. The quantitative estimate of drug-likeness (QED) is 0.620. The largest absolute Gasteiger partial charge is 0.324 e. The molecule has 5 nitrogen and oxygen atoms in total. The Morgan fingerprint density at radius 1 is 1.07 bits per heavy atom. The van der Waals surface area contributed by atoms with Crippen LogP contribution in [0.1, 0.15) is 37.0 Å². The number of carbonyl (C=O) groups excluding carboxylic acids is 1. The summed E-state index contributed by atoms with van der Waals surface area (Å²) < 4.78 is 28.9. The summed E-state index contributed by atoms with van der Waals surface area (Å²) in [6.07, 6.45) is 0.655. The number of halogens is 1.